The van der Waals surface area contributed by atoms with Crippen LogP contribution in [0.15, 0.2) is 83.9 Å². The van der Waals surface area contributed by atoms with Gasteiger partial charge in [0, 0.05) is 22.8 Å². The Morgan fingerprint density at radius 1 is 0.941 bits per heavy atom. The van der Waals surface area contributed by atoms with Crippen molar-refractivity contribution in [2.45, 2.75) is 24.1 Å². The summed E-state index contributed by atoms with van der Waals surface area (Å²) in [7, 11) is -2.35. The lowest BCUT2D eigenvalue weighted by molar-refractivity contribution is -0.116. The van der Waals surface area contributed by atoms with Crippen LogP contribution in [0.4, 0.5) is 5.69 Å². The largest absolute Gasteiger partial charge is 0.465 e. The minimum Gasteiger partial charge on any atom is -0.465 e. The molecule has 7 nitrogen and oxygen atoms in total. The lowest BCUT2D eigenvalue weighted by Gasteiger charge is -2.08. The topological polar surface area (TPSA) is 94.5 Å². The van der Waals surface area contributed by atoms with Crippen LogP contribution in [0.2, 0.25) is 0 Å². The van der Waals surface area contributed by atoms with E-state index in [-0.39, 0.29) is 23.1 Å². The predicted octanol–water partition coefficient (Wildman–Crippen LogP) is 4.35. The zero-order chi connectivity index (χ0) is 24.3. The molecule has 0 saturated carbocycles. The number of hydrogen-bond acceptors (Lipinski definition) is 5. The lowest BCUT2D eigenvalue weighted by Crippen LogP contribution is -2.18. The summed E-state index contributed by atoms with van der Waals surface area (Å²) in [5.74, 6) is -0.905. The van der Waals surface area contributed by atoms with Gasteiger partial charge in [-0.2, -0.15) is 0 Å². The molecule has 0 unspecified atom stereocenters. The van der Waals surface area contributed by atoms with Gasteiger partial charge in [0.25, 0.3) is 0 Å². The molecule has 0 saturated heterocycles. The summed E-state index contributed by atoms with van der Waals surface area (Å²) < 4.78 is 32.9. The normalized spacial score (nSPS) is 11.4. The monoisotopic (exact) mass is 476 g/mol. The van der Waals surface area contributed by atoms with Gasteiger partial charge in [-0.3, -0.25) is 4.79 Å². The Morgan fingerprint density at radius 3 is 2.32 bits per heavy atom. The molecule has 3 aromatic carbocycles. The van der Waals surface area contributed by atoms with E-state index < -0.39 is 15.8 Å². The smallest absolute Gasteiger partial charge is 0.337 e. The number of sulfone groups is 1. The standard InChI is InChI=1S/C26H24N2O5S/c1-18-7-3-4-8-20(18)17-34(31,32)24-15-28(23-10-6-5-9-22(23)24)16-25(29)27-21-13-11-19(12-14-21)26(30)33-2/h3-15H,16-17H2,1-2H3,(H,27,29). The zero-order valence-corrected chi connectivity index (χ0v) is 19.6. The Balaban J connectivity index is 1.59. The number of carbonyl (C=O) groups is 2. The van der Waals surface area contributed by atoms with Gasteiger partial charge in [0.1, 0.15) is 6.54 Å². The molecule has 0 fully saturated rings. The summed E-state index contributed by atoms with van der Waals surface area (Å²) >= 11 is 0. The maximum absolute atomic E-state index is 13.3. The molecule has 4 aromatic rings. The summed E-state index contributed by atoms with van der Waals surface area (Å²) in [5, 5.41) is 3.35. The van der Waals surface area contributed by atoms with E-state index in [0.717, 1.165) is 11.1 Å². The van der Waals surface area contributed by atoms with Crippen molar-refractivity contribution in [2.75, 3.05) is 12.4 Å². The van der Waals surface area contributed by atoms with Crippen LogP contribution in [0.1, 0.15) is 21.5 Å². The van der Waals surface area contributed by atoms with Gasteiger partial charge in [-0.25, -0.2) is 13.2 Å². The van der Waals surface area contributed by atoms with Gasteiger partial charge >= 0.3 is 5.97 Å². The molecule has 1 N–H and O–H groups in total. The van der Waals surface area contributed by atoms with Crippen molar-refractivity contribution >= 4 is 38.3 Å². The van der Waals surface area contributed by atoms with E-state index in [9.17, 15) is 18.0 Å². The maximum atomic E-state index is 13.3. The van der Waals surface area contributed by atoms with Crippen LogP contribution in [0.5, 0.6) is 0 Å². The molecule has 8 heteroatoms. The molecule has 1 amide bonds. The Bertz CT molecular complexity index is 1470. The van der Waals surface area contributed by atoms with E-state index in [1.54, 1.807) is 53.1 Å². The van der Waals surface area contributed by atoms with Gasteiger partial charge in [0.05, 0.1) is 23.3 Å². The number of esters is 1. The molecule has 34 heavy (non-hydrogen) atoms. The number of amides is 1. The number of methoxy groups -OCH3 is 1. The highest BCUT2D eigenvalue weighted by molar-refractivity contribution is 7.90. The lowest BCUT2D eigenvalue weighted by atomic mass is 10.1. The first-order valence-electron chi connectivity index (χ1n) is 10.6. The number of fused-ring (bicyclic) bond motifs is 1. The summed E-state index contributed by atoms with van der Waals surface area (Å²) in [6.45, 7) is 1.81. The first kappa shape index (κ1) is 23.3. The molecular weight excluding hydrogens is 452 g/mol. The van der Waals surface area contributed by atoms with Crippen molar-refractivity contribution in [2.24, 2.45) is 0 Å². The van der Waals surface area contributed by atoms with Gasteiger partial charge in [0.2, 0.25) is 5.91 Å². The average molecular weight is 477 g/mol. The van der Waals surface area contributed by atoms with E-state index in [0.29, 0.717) is 22.2 Å². The van der Waals surface area contributed by atoms with Crippen molar-refractivity contribution in [3.63, 3.8) is 0 Å². The van der Waals surface area contributed by atoms with Crippen LogP contribution in [0.3, 0.4) is 0 Å². The fourth-order valence-electron chi connectivity index (χ4n) is 3.81. The molecule has 4 rings (SSSR count). The Hall–Kier alpha value is -3.91. The third-order valence-electron chi connectivity index (χ3n) is 5.60. The van der Waals surface area contributed by atoms with E-state index in [1.165, 1.54) is 13.3 Å². The number of anilines is 1. The molecule has 0 bridgehead atoms. The second-order valence-electron chi connectivity index (χ2n) is 7.94. The molecule has 1 aromatic heterocycles. The second-order valence-corrected chi connectivity index (χ2v) is 9.90. The van der Waals surface area contributed by atoms with Crippen LogP contribution in [-0.4, -0.2) is 32.0 Å². The first-order chi connectivity index (χ1) is 16.3. The van der Waals surface area contributed by atoms with Gasteiger partial charge in [-0.05, 0) is 48.4 Å². The summed E-state index contributed by atoms with van der Waals surface area (Å²) in [4.78, 5) is 24.5. The summed E-state index contributed by atoms with van der Waals surface area (Å²) in [6.07, 6.45) is 1.53. The van der Waals surface area contributed by atoms with Crippen molar-refractivity contribution in [1.29, 1.82) is 0 Å². The van der Waals surface area contributed by atoms with Crippen LogP contribution in [-0.2, 0) is 31.7 Å². The quantitative estimate of drug-likeness (QED) is 0.400. The molecule has 0 aliphatic carbocycles. The Kier molecular flexibility index (Phi) is 6.51. The number of carbonyl (C=O) groups excluding carboxylic acids is 2. The number of nitrogens with zero attached hydrogens (tertiary/aromatic N) is 1. The highest BCUT2D eigenvalue weighted by atomic mass is 32.2. The minimum atomic E-state index is -3.65. The molecule has 0 radical (unpaired) electrons. The van der Waals surface area contributed by atoms with Gasteiger partial charge in [-0.15, -0.1) is 0 Å². The van der Waals surface area contributed by atoms with Crippen LogP contribution in [0, 0.1) is 6.92 Å². The van der Waals surface area contributed by atoms with E-state index >= 15 is 0 Å². The molecule has 0 atom stereocenters. The van der Waals surface area contributed by atoms with Gasteiger partial charge in [0.15, 0.2) is 9.84 Å². The number of rotatable bonds is 7. The molecular formula is C26H24N2O5S. The van der Waals surface area contributed by atoms with E-state index in [2.05, 4.69) is 10.1 Å². The number of nitrogens with one attached hydrogen (secondary N) is 1. The Labute approximate surface area is 197 Å². The van der Waals surface area contributed by atoms with Gasteiger partial charge in [-0.1, -0.05) is 42.5 Å². The average Bonchev–Trinajstić information content (AvgIpc) is 3.20. The number of benzene rings is 3. The molecule has 0 spiro atoms. The fraction of sp³-hybridized carbons (Fsp3) is 0.154. The van der Waals surface area contributed by atoms with Crippen molar-refractivity contribution in [3.05, 3.63) is 95.7 Å². The van der Waals surface area contributed by atoms with Crippen molar-refractivity contribution in [1.82, 2.24) is 4.57 Å². The van der Waals surface area contributed by atoms with E-state index in [1.807, 2.05) is 31.2 Å². The van der Waals surface area contributed by atoms with Crippen LogP contribution in [0.25, 0.3) is 10.9 Å². The molecule has 0 aliphatic rings. The number of ether oxygens (including phenoxy) is 1. The van der Waals surface area contributed by atoms with Gasteiger partial charge < -0.3 is 14.6 Å². The predicted molar refractivity (Wildman–Crippen MR) is 130 cm³/mol. The number of hydrogen-bond donors (Lipinski definition) is 1. The van der Waals surface area contributed by atoms with Crippen LogP contribution >= 0.6 is 0 Å². The SMILES string of the molecule is COC(=O)c1ccc(NC(=O)Cn2cc(S(=O)(=O)Cc3ccccc3C)c3ccccc32)cc1. The highest BCUT2D eigenvalue weighted by Gasteiger charge is 2.23. The maximum Gasteiger partial charge on any atom is 0.337 e. The van der Waals surface area contributed by atoms with Crippen LogP contribution < -0.4 is 5.32 Å². The molecule has 1 heterocycles. The number of aryl methyl sites for hydroxylation is 1. The third kappa shape index (κ3) is 4.87. The highest BCUT2D eigenvalue weighted by Crippen LogP contribution is 2.28. The number of para-hydroxylation sites is 1. The molecule has 174 valence electrons. The van der Waals surface area contributed by atoms with E-state index in [4.69, 9.17) is 0 Å². The van der Waals surface area contributed by atoms with Crippen molar-refractivity contribution < 1.29 is 22.7 Å². The third-order valence-corrected chi connectivity index (χ3v) is 7.28. The molecule has 0 aliphatic heterocycles. The zero-order valence-electron chi connectivity index (χ0n) is 18.8. The first-order valence-corrected chi connectivity index (χ1v) is 12.3. The summed E-state index contributed by atoms with van der Waals surface area (Å²) in [6, 6.07) is 20.9. The second kappa shape index (κ2) is 9.52. The fourth-order valence-corrected chi connectivity index (χ4v) is 5.49. The number of aromatic nitrogens is 1. The minimum absolute atomic E-state index is 0.0703. The summed E-state index contributed by atoms with van der Waals surface area (Å²) in [5.41, 5.74) is 3.20. The Morgan fingerprint density at radius 2 is 1.62 bits per heavy atom. The van der Waals surface area contributed by atoms with Crippen molar-refractivity contribution in [3.8, 4) is 0 Å².